The van der Waals surface area contributed by atoms with E-state index >= 15 is 0 Å². The Morgan fingerprint density at radius 3 is 2.96 bits per heavy atom. The molecular formula is C17H20ClN5O. The molecule has 1 aliphatic heterocycles. The summed E-state index contributed by atoms with van der Waals surface area (Å²) in [4.78, 5) is 21.4. The third kappa shape index (κ3) is 2.21. The maximum Gasteiger partial charge on any atom is 0.226 e. The van der Waals surface area contributed by atoms with Crippen LogP contribution in [0, 0.1) is 11.8 Å². The molecule has 2 aromatic rings. The number of halogens is 1. The zero-order valence-electron chi connectivity index (χ0n) is 13.6. The number of hydrogen-bond donors (Lipinski definition) is 3. The van der Waals surface area contributed by atoms with E-state index < -0.39 is 11.1 Å². The summed E-state index contributed by atoms with van der Waals surface area (Å²) < 4.78 is 0. The maximum absolute atomic E-state index is 12.7. The molecule has 2 fully saturated rings. The third-order valence-electron chi connectivity index (χ3n) is 5.28. The molecular weight excluding hydrogens is 326 g/mol. The highest BCUT2D eigenvalue weighted by Gasteiger charge is 2.68. The molecule has 1 amide bonds. The van der Waals surface area contributed by atoms with Crippen LogP contribution in [-0.4, -0.2) is 34.5 Å². The normalized spacial score (nSPS) is 28.7. The fraction of sp³-hybridized carbons (Fsp3) is 0.471. The van der Waals surface area contributed by atoms with Crippen LogP contribution in [0.15, 0.2) is 24.5 Å². The van der Waals surface area contributed by atoms with Crippen molar-refractivity contribution in [1.29, 1.82) is 0 Å². The van der Waals surface area contributed by atoms with E-state index in [1.807, 2.05) is 26.0 Å². The van der Waals surface area contributed by atoms with Gasteiger partial charge in [0.15, 0.2) is 0 Å². The van der Waals surface area contributed by atoms with Gasteiger partial charge in [0.05, 0.1) is 27.7 Å². The molecule has 0 bridgehead atoms. The van der Waals surface area contributed by atoms with Crippen molar-refractivity contribution in [2.45, 2.75) is 24.9 Å². The molecule has 0 radical (unpaired) electrons. The minimum atomic E-state index is -0.649. The van der Waals surface area contributed by atoms with Crippen LogP contribution in [0.25, 0.3) is 10.9 Å². The van der Waals surface area contributed by atoms with Gasteiger partial charge >= 0.3 is 0 Å². The molecule has 7 heteroatoms. The lowest BCUT2D eigenvalue weighted by Crippen LogP contribution is -2.46. The monoisotopic (exact) mass is 345 g/mol. The van der Waals surface area contributed by atoms with Gasteiger partial charge in [-0.3, -0.25) is 4.79 Å². The second-order valence-corrected chi connectivity index (χ2v) is 7.71. The first-order valence-corrected chi connectivity index (χ1v) is 8.44. The summed E-state index contributed by atoms with van der Waals surface area (Å²) in [6.45, 7) is 5.38. The maximum atomic E-state index is 12.7. The molecule has 1 aliphatic carbocycles. The number of aromatic nitrogens is 2. The highest BCUT2D eigenvalue weighted by Crippen LogP contribution is 2.51. The molecule has 1 saturated carbocycles. The molecule has 1 aromatic heterocycles. The number of rotatable bonds is 3. The molecule has 2 heterocycles. The SMILES string of the molecule is CC(C)(NC(=O)[C@H]1[C@@H]2CNC[C@@]21N)c1ncnc2c(Cl)cccc12. The first-order valence-electron chi connectivity index (χ1n) is 8.06. The van der Waals surface area contributed by atoms with Crippen molar-refractivity contribution in [1.82, 2.24) is 20.6 Å². The fourth-order valence-corrected chi connectivity index (χ4v) is 4.18. The number of carbonyl (C=O) groups excluding carboxylic acids is 1. The van der Waals surface area contributed by atoms with Crippen LogP contribution >= 0.6 is 11.6 Å². The van der Waals surface area contributed by atoms with Crippen molar-refractivity contribution in [2.75, 3.05) is 13.1 Å². The van der Waals surface area contributed by atoms with E-state index in [0.29, 0.717) is 17.1 Å². The van der Waals surface area contributed by atoms with Crippen LogP contribution in [0.4, 0.5) is 0 Å². The largest absolute Gasteiger partial charge is 0.345 e. The molecule has 1 aromatic carbocycles. The summed E-state index contributed by atoms with van der Waals surface area (Å²) in [5.74, 6) is 0.0855. The van der Waals surface area contributed by atoms with Gasteiger partial charge in [-0.25, -0.2) is 9.97 Å². The lowest BCUT2D eigenvalue weighted by atomic mass is 9.95. The average Bonchev–Trinajstić information content (AvgIpc) is 2.92. The van der Waals surface area contributed by atoms with Crippen LogP contribution in [0.5, 0.6) is 0 Å². The van der Waals surface area contributed by atoms with Gasteiger partial charge in [0.25, 0.3) is 0 Å². The number of carbonyl (C=O) groups is 1. The zero-order valence-corrected chi connectivity index (χ0v) is 14.4. The van der Waals surface area contributed by atoms with Crippen molar-refractivity contribution in [3.63, 3.8) is 0 Å². The van der Waals surface area contributed by atoms with Gasteiger partial charge in [-0.2, -0.15) is 0 Å². The van der Waals surface area contributed by atoms with Crippen LogP contribution in [0.3, 0.4) is 0 Å². The Bertz CT molecular complexity index is 839. The number of fused-ring (bicyclic) bond motifs is 2. The number of nitrogens with zero attached hydrogens (tertiary/aromatic N) is 2. The Hall–Kier alpha value is -1.76. The highest BCUT2D eigenvalue weighted by atomic mass is 35.5. The summed E-state index contributed by atoms with van der Waals surface area (Å²) >= 11 is 6.23. The Morgan fingerprint density at radius 2 is 2.25 bits per heavy atom. The smallest absolute Gasteiger partial charge is 0.226 e. The Kier molecular flexibility index (Phi) is 3.36. The molecule has 3 atom stereocenters. The van der Waals surface area contributed by atoms with Crippen LogP contribution in [-0.2, 0) is 10.3 Å². The Morgan fingerprint density at radius 1 is 1.46 bits per heavy atom. The molecule has 24 heavy (non-hydrogen) atoms. The van der Waals surface area contributed by atoms with E-state index in [-0.39, 0.29) is 17.7 Å². The van der Waals surface area contributed by atoms with Crippen molar-refractivity contribution in [2.24, 2.45) is 17.6 Å². The van der Waals surface area contributed by atoms with Crippen molar-refractivity contribution in [3.8, 4) is 0 Å². The number of nitrogens with one attached hydrogen (secondary N) is 2. The van der Waals surface area contributed by atoms with Crippen molar-refractivity contribution >= 4 is 28.4 Å². The first-order chi connectivity index (χ1) is 11.3. The van der Waals surface area contributed by atoms with Gasteiger partial charge in [0.2, 0.25) is 5.91 Å². The fourth-order valence-electron chi connectivity index (χ4n) is 3.95. The number of piperidine rings is 1. The minimum Gasteiger partial charge on any atom is -0.345 e. The second-order valence-electron chi connectivity index (χ2n) is 7.30. The van der Waals surface area contributed by atoms with E-state index in [1.165, 1.54) is 6.33 Å². The lowest BCUT2D eigenvalue weighted by Gasteiger charge is -2.27. The predicted octanol–water partition coefficient (Wildman–Crippen LogP) is 1.18. The number of hydrogen-bond acceptors (Lipinski definition) is 5. The number of amides is 1. The summed E-state index contributed by atoms with van der Waals surface area (Å²) in [5.41, 5.74) is 6.70. The standard InChI is InChI=1S/C17H20ClN5O/c1-16(2,23-15(24)12-10-6-20-7-17(10,12)19)14-9-4-3-5-11(18)13(9)21-8-22-14/h3-5,8,10,12,20H,6-7,19H2,1-2H3,(H,23,24)/t10-,12+,17+/m0/s1. The van der Waals surface area contributed by atoms with Gasteiger partial charge < -0.3 is 16.4 Å². The van der Waals surface area contributed by atoms with E-state index in [2.05, 4.69) is 20.6 Å². The van der Waals surface area contributed by atoms with Gasteiger partial charge in [-0.1, -0.05) is 23.7 Å². The molecule has 126 valence electrons. The van der Waals surface area contributed by atoms with Crippen molar-refractivity contribution in [3.05, 3.63) is 35.2 Å². The van der Waals surface area contributed by atoms with E-state index in [9.17, 15) is 4.79 Å². The molecule has 1 saturated heterocycles. The van der Waals surface area contributed by atoms with Crippen molar-refractivity contribution < 1.29 is 4.79 Å². The van der Waals surface area contributed by atoms with Crippen LogP contribution < -0.4 is 16.4 Å². The van der Waals surface area contributed by atoms with Gasteiger partial charge in [0.1, 0.15) is 6.33 Å². The van der Waals surface area contributed by atoms with Crippen LogP contribution in [0.1, 0.15) is 19.5 Å². The molecule has 6 nitrogen and oxygen atoms in total. The summed E-state index contributed by atoms with van der Waals surface area (Å²) in [6.07, 6.45) is 1.48. The van der Waals surface area contributed by atoms with E-state index in [1.54, 1.807) is 6.07 Å². The van der Waals surface area contributed by atoms with Gasteiger partial charge in [-0.15, -0.1) is 0 Å². The number of para-hydroxylation sites is 1. The highest BCUT2D eigenvalue weighted by molar-refractivity contribution is 6.35. The quantitative estimate of drug-likeness (QED) is 0.776. The third-order valence-corrected chi connectivity index (χ3v) is 5.59. The average molecular weight is 346 g/mol. The van der Waals surface area contributed by atoms with Gasteiger partial charge in [0, 0.05) is 29.9 Å². The molecule has 2 aliphatic rings. The summed E-state index contributed by atoms with van der Waals surface area (Å²) in [5, 5.41) is 7.77. The van der Waals surface area contributed by atoms with Gasteiger partial charge in [-0.05, 0) is 19.9 Å². The molecule has 4 N–H and O–H groups in total. The second kappa shape index (κ2) is 5.12. The first kappa shape index (κ1) is 15.7. The zero-order chi connectivity index (χ0) is 17.1. The van der Waals surface area contributed by atoms with E-state index in [4.69, 9.17) is 17.3 Å². The molecule has 0 unspecified atom stereocenters. The Labute approximate surface area is 145 Å². The Balaban J connectivity index is 1.64. The molecule has 0 spiro atoms. The molecule has 4 rings (SSSR count). The lowest BCUT2D eigenvalue weighted by molar-refractivity contribution is -0.124. The summed E-state index contributed by atoms with van der Waals surface area (Å²) in [7, 11) is 0. The minimum absolute atomic E-state index is 0.0113. The summed E-state index contributed by atoms with van der Waals surface area (Å²) in [6, 6.07) is 5.58. The van der Waals surface area contributed by atoms with Crippen LogP contribution in [0.2, 0.25) is 5.02 Å². The number of benzene rings is 1. The van der Waals surface area contributed by atoms with E-state index in [0.717, 1.165) is 17.6 Å². The predicted molar refractivity (Wildman–Crippen MR) is 92.5 cm³/mol. The topological polar surface area (TPSA) is 92.9 Å². The number of nitrogens with two attached hydrogens (primary N) is 1.